The number of aromatic nitrogens is 1. The molecule has 0 aliphatic heterocycles. The molecular weight excluding hydrogens is 290 g/mol. The van der Waals surface area contributed by atoms with Crippen molar-refractivity contribution < 1.29 is 9.84 Å². The zero-order valence-electron chi connectivity index (χ0n) is 11.1. The number of thiazole rings is 1. The SMILES string of the molecule is Cc1nc2c(cc(OC3CCCC3O)c3ccsc32)s1. The molecule has 5 heteroatoms. The Kier molecular flexibility index (Phi) is 2.94. The predicted molar refractivity (Wildman–Crippen MR) is 84.0 cm³/mol. The van der Waals surface area contributed by atoms with E-state index in [0.717, 1.165) is 40.9 Å². The van der Waals surface area contributed by atoms with E-state index in [1.807, 2.05) is 6.92 Å². The molecular formula is C15H15NO2S2. The molecule has 3 aromatic rings. The van der Waals surface area contributed by atoms with Crippen LogP contribution >= 0.6 is 22.7 Å². The zero-order valence-corrected chi connectivity index (χ0v) is 12.8. The van der Waals surface area contributed by atoms with Crippen molar-refractivity contribution >= 4 is 43.0 Å². The van der Waals surface area contributed by atoms with Gasteiger partial charge in [-0.2, -0.15) is 0 Å². The third-order valence-electron chi connectivity index (χ3n) is 3.86. The maximum atomic E-state index is 9.96. The van der Waals surface area contributed by atoms with Crippen LogP contribution in [0.3, 0.4) is 0 Å². The average Bonchev–Trinajstić information content (AvgIpc) is 3.09. The van der Waals surface area contributed by atoms with Gasteiger partial charge in [0.15, 0.2) is 0 Å². The molecule has 1 N–H and O–H groups in total. The van der Waals surface area contributed by atoms with Crippen LogP contribution < -0.4 is 4.74 Å². The van der Waals surface area contributed by atoms with Gasteiger partial charge in [-0.25, -0.2) is 4.98 Å². The lowest BCUT2D eigenvalue weighted by Crippen LogP contribution is -2.25. The summed E-state index contributed by atoms with van der Waals surface area (Å²) in [6, 6.07) is 4.17. The monoisotopic (exact) mass is 305 g/mol. The molecule has 20 heavy (non-hydrogen) atoms. The first-order valence-corrected chi connectivity index (χ1v) is 8.54. The van der Waals surface area contributed by atoms with Crippen molar-refractivity contribution in [2.24, 2.45) is 0 Å². The maximum Gasteiger partial charge on any atom is 0.130 e. The topological polar surface area (TPSA) is 42.4 Å². The first-order chi connectivity index (χ1) is 9.72. The van der Waals surface area contributed by atoms with E-state index in [4.69, 9.17) is 4.74 Å². The molecule has 1 saturated carbocycles. The van der Waals surface area contributed by atoms with Crippen molar-refractivity contribution in [3.05, 3.63) is 22.5 Å². The van der Waals surface area contributed by atoms with Gasteiger partial charge in [0, 0.05) is 11.5 Å². The molecule has 2 heterocycles. The van der Waals surface area contributed by atoms with Gasteiger partial charge in [0.05, 0.1) is 26.0 Å². The van der Waals surface area contributed by atoms with Crippen molar-refractivity contribution in [2.45, 2.75) is 38.4 Å². The molecule has 1 aliphatic carbocycles. The summed E-state index contributed by atoms with van der Waals surface area (Å²) in [5, 5.41) is 14.2. The van der Waals surface area contributed by atoms with Gasteiger partial charge in [-0.15, -0.1) is 22.7 Å². The van der Waals surface area contributed by atoms with Gasteiger partial charge in [0.2, 0.25) is 0 Å². The van der Waals surface area contributed by atoms with Crippen LogP contribution in [0.5, 0.6) is 5.75 Å². The summed E-state index contributed by atoms with van der Waals surface area (Å²) in [5.74, 6) is 0.892. The fourth-order valence-corrected chi connectivity index (χ4v) is 4.72. The molecule has 1 fully saturated rings. The Hall–Kier alpha value is -1.17. The first-order valence-electron chi connectivity index (χ1n) is 6.84. The molecule has 104 valence electrons. The number of hydrogen-bond acceptors (Lipinski definition) is 5. The molecule has 0 spiro atoms. The molecule has 2 aromatic heterocycles. The van der Waals surface area contributed by atoms with Crippen molar-refractivity contribution in [3.8, 4) is 5.75 Å². The van der Waals surface area contributed by atoms with E-state index in [0.29, 0.717) is 0 Å². The summed E-state index contributed by atoms with van der Waals surface area (Å²) in [7, 11) is 0. The van der Waals surface area contributed by atoms with Crippen molar-refractivity contribution in [1.29, 1.82) is 0 Å². The second-order valence-electron chi connectivity index (χ2n) is 5.27. The average molecular weight is 305 g/mol. The van der Waals surface area contributed by atoms with E-state index in [-0.39, 0.29) is 12.2 Å². The van der Waals surface area contributed by atoms with Crippen molar-refractivity contribution in [3.63, 3.8) is 0 Å². The van der Waals surface area contributed by atoms with Gasteiger partial charge >= 0.3 is 0 Å². The van der Waals surface area contributed by atoms with Crippen LogP contribution in [0.25, 0.3) is 20.3 Å². The Morgan fingerprint density at radius 2 is 2.30 bits per heavy atom. The Morgan fingerprint density at radius 3 is 3.10 bits per heavy atom. The highest BCUT2D eigenvalue weighted by atomic mass is 32.1. The Morgan fingerprint density at radius 1 is 1.40 bits per heavy atom. The van der Waals surface area contributed by atoms with Gasteiger partial charge in [0.1, 0.15) is 11.9 Å². The third kappa shape index (κ3) is 1.92. The van der Waals surface area contributed by atoms with E-state index in [1.54, 1.807) is 22.7 Å². The minimum Gasteiger partial charge on any atom is -0.487 e. The van der Waals surface area contributed by atoms with E-state index in [2.05, 4.69) is 22.5 Å². The van der Waals surface area contributed by atoms with Crippen LogP contribution in [-0.4, -0.2) is 22.3 Å². The number of aryl methyl sites for hydroxylation is 1. The van der Waals surface area contributed by atoms with E-state index >= 15 is 0 Å². The molecule has 2 unspecified atom stereocenters. The van der Waals surface area contributed by atoms with Crippen LogP contribution in [0.1, 0.15) is 24.3 Å². The van der Waals surface area contributed by atoms with Gasteiger partial charge in [-0.3, -0.25) is 0 Å². The number of aliphatic hydroxyl groups is 1. The molecule has 0 saturated heterocycles. The molecule has 0 bridgehead atoms. The number of nitrogens with zero attached hydrogens (tertiary/aromatic N) is 1. The Bertz CT molecular complexity index is 777. The molecule has 0 radical (unpaired) electrons. The standard InChI is InChI=1S/C15H15NO2S2/c1-8-16-14-13(20-8)7-12(9-5-6-19-15(9)14)18-11-4-2-3-10(11)17/h5-7,10-11,17H,2-4H2,1H3. The van der Waals surface area contributed by atoms with E-state index < -0.39 is 0 Å². The first kappa shape index (κ1) is 12.6. The van der Waals surface area contributed by atoms with Crippen molar-refractivity contribution in [2.75, 3.05) is 0 Å². The van der Waals surface area contributed by atoms with Crippen LogP contribution in [0, 0.1) is 6.92 Å². The van der Waals surface area contributed by atoms with Gasteiger partial charge in [-0.05, 0) is 37.6 Å². The summed E-state index contributed by atoms with van der Waals surface area (Å²) >= 11 is 3.40. The van der Waals surface area contributed by atoms with Crippen LogP contribution in [-0.2, 0) is 0 Å². The normalized spacial score (nSPS) is 22.9. The molecule has 0 amide bonds. The number of ether oxygens (including phenoxy) is 1. The highest BCUT2D eigenvalue weighted by molar-refractivity contribution is 7.21. The lowest BCUT2D eigenvalue weighted by molar-refractivity contribution is 0.0615. The third-order valence-corrected chi connectivity index (χ3v) is 5.70. The quantitative estimate of drug-likeness (QED) is 0.774. The molecule has 2 atom stereocenters. The molecule has 4 rings (SSSR count). The summed E-state index contributed by atoms with van der Waals surface area (Å²) in [5.41, 5.74) is 1.08. The fourth-order valence-electron chi connectivity index (χ4n) is 2.89. The summed E-state index contributed by atoms with van der Waals surface area (Å²) in [6.45, 7) is 2.03. The number of aliphatic hydroxyl groups excluding tert-OH is 1. The van der Waals surface area contributed by atoms with Crippen LogP contribution in [0.2, 0.25) is 0 Å². The highest BCUT2D eigenvalue weighted by Gasteiger charge is 2.27. The van der Waals surface area contributed by atoms with Crippen LogP contribution in [0.4, 0.5) is 0 Å². The zero-order chi connectivity index (χ0) is 13.7. The fraction of sp³-hybridized carbons (Fsp3) is 0.400. The largest absolute Gasteiger partial charge is 0.487 e. The smallest absolute Gasteiger partial charge is 0.130 e. The minimum absolute atomic E-state index is 0.0652. The predicted octanol–water partition coefficient (Wildman–Crippen LogP) is 4.11. The second-order valence-corrected chi connectivity index (χ2v) is 7.42. The van der Waals surface area contributed by atoms with Gasteiger partial charge < -0.3 is 9.84 Å². The molecule has 1 aliphatic rings. The van der Waals surface area contributed by atoms with E-state index in [9.17, 15) is 5.11 Å². The van der Waals surface area contributed by atoms with E-state index in [1.165, 1.54) is 9.40 Å². The number of rotatable bonds is 2. The number of fused-ring (bicyclic) bond motifs is 3. The number of hydrogen-bond donors (Lipinski definition) is 1. The van der Waals surface area contributed by atoms with Crippen LogP contribution in [0.15, 0.2) is 17.5 Å². The van der Waals surface area contributed by atoms with Gasteiger partial charge in [-0.1, -0.05) is 0 Å². The molecule has 1 aromatic carbocycles. The Labute approximate surface area is 124 Å². The lowest BCUT2D eigenvalue weighted by Gasteiger charge is -2.17. The highest BCUT2D eigenvalue weighted by Crippen LogP contribution is 2.40. The van der Waals surface area contributed by atoms with Crippen molar-refractivity contribution in [1.82, 2.24) is 4.98 Å². The lowest BCUT2D eigenvalue weighted by atomic mass is 10.2. The minimum atomic E-state index is -0.331. The summed E-state index contributed by atoms with van der Waals surface area (Å²) in [4.78, 5) is 4.63. The molecule has 3 nitrogen and oxygen atoms in total. The number of benzene rings is 1. The summed E-state index contributed by atoms with van der Waals surface area (Å²) in [6.07, 6.45) is 2.43. The van der Waals surface area contributed by atoms with Gasteiger partial charge in [0.25, 0.3) is 0 Å². The maximum absolute atomic E-state index is 9.96. The second kappa shape index (κ2) is 4.69. The Balaban J connectivity index is 1.85. The number of thiophene rings is 1. The summed E-state index contributed by atoms with van der Waals surface area (Å²) < 4.78 is 8.47.